The summed E-state index contributed by atoms with van der Waals surface area (Å²) in [5.74, 6) is 0.508. The molecule has 0 N–H and O–H groups in total. The smallest absolute Gasteiger partial charge is 0.189 e. The molecule has 0 amide bonds. The Hall–Kier alpha value is -12.2. The molecule has 366 valence electrons. The van der Waals surface area contributed by atoms with Crippen molar-refractivity contribution in [3.8, 4) is 96.9 Å². The summed E-state index contributed by atoms with van der Waals surface area (Å²) >= 11 is 0. The van der Waals surface area contributed by atoms with E-state index in [1.807, 2.05) is 109 Å². The molecule has 10 aromatic carbocycles. The van der Waals surface area contributed by atoms with Gasteiger partial charge in [0.1, 0.15) is 0 Å². The molecule has 0 aliphatic rings. The number of benzene rings is 10. The SMILES string of the molecule is [C-]#[N+]c1cc(C#N)c(-c2ccc3c(c2)c2cc(-c4c(C#N)cc([N+]#[C-])cc4[N+]#[C-])ccc2n3-c2cc(-c3nc(-c4ccccc4)cc(-c4ccccc4)n3)ccc2-c2ccccc2-n2c3ccccc3c3ccccc32)c(C#N)c1. The maximum atomic E-state index is 10.5. The third-order valence-electron chi connectivity index (χ3n) is 14.7. The van der Waals surface area contributed by atoms with E-state index in [0.717, 1.165) is 94.2 Å². The van der Waals surface area contributed by atoms with Gasteiger partial charge in [0.05, 0.1) is 93.9 Å². The number of hydrogen-bond acceptors (Lipinski definition) is 5. The van der Waals surface area contributed by atoms with Crippen LogP contribution in [0.2, 0.25) is 0 Å². The van der Waals surface area contributed by atoms with Crippen LogP contribution in [-0.2, 0) is 0 Å². The van der Waals surface area contributed by atoms with Gasteiger partial charge in [0.25, 0.3) is 0 Å². The van der Waals surface area contributed by atoms with Gasteiger partial charge in [0.15, 0.2) is 22.9 Å². The number of aromatic nitrogens is 4. The van der Waals surface area contributed by atoms with Gasteiger partial charge in [-0.3, -0.25) is 0 Å². The zero-order valence-corrected chi connectivity index (χ0v) is 42.3. The van der Waals surface area contributed by atoms with Gasteiger partial charge in [-0.25, -0.2) is 24.5 Å². The van der Waals surface area contributed by atoms with Crippen LogP contribution < -0.4 is 0 Å². The average molecular weight is 1020 g/mol. The lowest BCUT2D eigenvalue weighted by atomic mass is 9.93. The van der Waals surface area contributed by atoms with E-state index in [1.165, 1.54) is 24.3 Å². The summed E-state index contributed by atoms with van der Waals surface area (Å²) in [5, 5.41) is 35.3. The van der Waals surface area contributed by atoms with Crippen LogP contribution in [0, 0.1) is 53.7 Å². The molecule has 3 heterocycles. The topological polar surface area (TPSA) is 120 Å². The molecular formula is C70H36N10. The van der Waals surface area contributed by atoms with Crippen molar-refractivity contribution in [2.24, 2.45) is 0 Å². The highest BCUT2D eigenvalue weighted by Gasteiger charge is 2.25. The first-order chi connectivity index (χ1) is 39.4. The fraction of sp³-hybridized carbons (Fsp3) is 0. The molecule has 0 atom stereocenters. The van der Waals surface area contributed by atoms with Crippen molar-refractivity contribution < 1.29 is 0 Å². The monoisotopic (exact) mass is 1020 g/mol. The summed E-state index contributed by atoms with van der Waals surface area (Å²) in [5.41, 5.74) is 14.4. The van der Waals surface area contributed by atoms with E-state index >= 15 is 0 Å². The fourth-order valence-electron chi connectivity index (χ4n) is 11.2. The molecule has 0 aliphatic carbocycles. The van der Waals surface area contributed by atoms with Crippen LogP contribution in [0.1, 0.15) is 16.7 Å². The first kappa shape index (κ1) is 47.5. The van der Waals surface area contributed by atoms with Crippen molar-refractivity contribution in [2.45, 2.75) is 0 Å². The van der Waals surface area contributed by atoms with Gasteiger partial charge in [-0.2, -0.15) is 15.8 Å². The highest BCUT2D eigenvalue weighted by atomic mass is 15.0. The third-order valence-corrected chi connectivity index (χ3v) is 14.7. The molecule has 0 spiro atoms. The second-order valence-electron chi connectivity index (χ2n) is 19.1. The molecule has 0 unspecified atom stereocenters. The Bertz CT molecular complexity index is 4690. The van der Waals surface area contributed by atoms with Gasteiger partial charge in [-0.05, 0) is 83.9 Å². The molecule has 3 aromatic heterocycles. The number of nitrogens with zero attached hydrogens (tertiary/aromatic N) is 10. The number of nitriles is 3. The van der Waals surface area contributed by atoms with Crippen LogP contribution in [0.5, 0.6) is 0 Å². The Labute approximate surface area is 459 Å². The first-order valence-corrected chi connectivity index (χ1v) is 25.4. The molecule has 80 heavy (non-hydrogen) atoms. The number of para-hydroxylation sites is 3. The van der Waals surface area contributed by atoms with Crippen LogP contribution in [0.15, 0.2) is 218 Å². The maximum Gasteiger partial charge on any atom is 0.189 e. The zero-order chi connectivity index (χ0) is 54.4. The number of fused-ring (bicyclic) bond motifs is 6. The van der Waals surface area contributed by atoms with Crippen LogP contribution >= 0.6 is 0 Å². The van der Waals surface area contributed by atoms with E-state index in [-0.39, 0.29) is 33.8 Å². The predicted octanol–water partition coefficient (Wildman–Crippen LogP) is 17.9. The van der Waals surface area contributed by atoms with Gasteiger partial charge in [0, 0.05) is 66.1 Å². The predicted molar refractivity (Wildman–Crippen MR) is 316 cm³/mol. The van der Waals surface area contributed by atoms with Crippen molar-refractivity contribution in [1.29, 1.82) is 15.8 Å². The molecule has 0 saturated heterocycles. The summed E-state index contributed by atoms with van der Waals surface area (Å²) in [6.45, 7) is 23.7. The molecule has 0 radical (unpaired) electrons. The second-order valence-corrected chi connectivity index (χ2v) is 19.1. The maximum absolute atomic E-state index is 10.5. The third kappa shape index (κ3) is 7.84. The lowest BCUT2D eigenvalue weighted by Crippen LogP contribution is -2.03. The Morgan fingerprint density at radius 3 is 1.35 bits per heavy atom. The second kappa shape index (κ2) is 19.5. The first-order valence-electron chi connectivity index (χ1n) is 25.4. The van der Waals surface area contributed by atoms with Gasteiger partial charge >= 0.3 is 0 Å². The van der Waals surface area contributed by atoms with E-state index in [4.69, 9.17) is 29.7 Å². The number of hydrogen-bond donors (Lipinski definition) is 0. The van der Waals surface area contributed by atoms with Crippen LogP contribution in [0.3, 0.4) is 0 Å². The molecular weight excluding hydrogens is 981 g/mol. The molecule has 0 bridgehead atoms. The van der Waals surface area contributed by atoms with Gasteiger partial charge < -0.3 is 9.13 Å². The van der Waals surface area contributed by atoms with Gasteiger partial charge in [-0.15, -0.1) is 0 Å². The molecule has 10 heteroatoms. The molecule has 0 saturated carbocycles. The van der Waals surface area contributed by atoms with Crippen molar-refractivity contribution in [2.75, 3.05) is 0 Å². The normalized spacial score (nSPS) is 10.9. The minimum Gasteiger partial charge on any atom is -0.309 e. The van der Waals surface area contributed by atoms with E-state index in [9.17, 15) is 15.8 Å². The van der Waals surface area contributed by atoms with Crippen molar-refractivity contribution in [1.82, 2.24) is 19.1 Å². The Morgan fingerprint density at radius 1 is 0.350 bits per heavy atom. The van der Waals surface area contributed by atoms with Gasteiger partial charge in [-0.1, -0.05) is 146 Å². The summed E-state index contributed by atoms with van der Waals surface area (Å²) in [6, 6.07) is 78.2. The minimum absolute atomic E-state index is 0.167. The van der Waals surface area contributed by atoms with Crippen LogP contribution in [0.4, 0.5) is 17.1 Å². The summed E-state index contributed by atoms with van der Waals surface area (Å²) in [4.78, 5) is 21.5. The lowest BCUT2D eigenvalue weighted by Gasteiger charge is -2.20. The summed E-state index contributed by atoms with van der Waals surface area (Å²) < 4.78 is 4.53. The number of rotatable bonds is 8. The van der Waals surface area contributed by atoms with E-state index < -0.39 is 0 Å². The summed E-state index contributed by atoms with van der Waals surface area (Å²) in [6.07, 6.45) is 0. The Balaban J connectivity index is 1.15. The summed E-state index contributed by atoms with van der Waals surface area (Å²) in [7, 11) is 0. The highest BCUT2D eigenvalue weighted by molar-refractivity contribution is 6.14. The molecule has 0 aliphatic heterocycles. The lowest BCUT2D eigenvalue weighted by molar-refractivity contribution is 1.15. The quantitative estimate of drug-likeness (QED) is 0.140. The van der Waals surface area contributed by atoms with E-state index in [1.54, 1.807) is 0 Å². The van der Waals surface area contributed by atoms with Crippen molar-refractivity contribution in [3.63, 3.8) is 0 Å². The van der Waals surface area contributed by atoms with E-state index in [2.05, 4.69) is 127 Å². The zero-order valence-electron chi connectivity index (χ0n) is 42.3. The van der Waals surface area contributed by atoms with Gasteiger partial charge in [0.2, 0.25) is 0 Å². The van der Waals surface area contributed by atoms with Crippen molar-refractivity contribution in [3.05, 3.63) is 269 Å². The van der Waals surface area contributed by atoms with Crippen LogP contribution in [-0.4, -0.2) is 19.1 Å². The molecule has 13 rings (SSSR count). The van der Waals surface area contributed by atoms with Crippen LogP contribution in [0.25, 0.3) is 137 Å². The average Bonchev–Trinajstić information content (AvgIpc) is 4.10. The molecule has 10 nitrogen and oxygen atoms in total. The van der Waals surface area contributed by atoms with Crippen molar-refractivity contribution >= 4 is 60.7 Å². The largest absolute Gasteiger partial charge is 0.309 e. The Kier molecular flexibility index (Phi) is 11.6. The minimum atomic E-state index is 0.167. The van der Waals surface area contributed by atoms with E-state index in [0.29, 0.717) is 28.1 Å². The standard InChI is InChI=1S/C70H36N10/c1-74-51-32-48(40-71)68(49(33-51)41-72)45-27-30-65-57(35-45)58-36-46(69-50(42-73)34-52(75-2)38-61(69)76-3)28-31-66(58)80(65)67-37-47(70-77-59(43-16-6-4-7-17-43)39-60(78-70)44-18-8-5-9-19-44)26-29-56(67)55-22-12-15-25-64(55)79-62-23-13-10-20-53(62)54-21-11-14-24-63(54)79/h4-39H. The Morgan fingerprint density at radius 2 is 0.800 bits per heavy atom. The highest BCUT2D eigenvalue weighted by Crippen LogP contribution is 2.46. The molecule has 0 fully saturated rings. The molecule has 13 aromatic rings. The fourth-order valence-corrected chi connectivity index (χ4v) is 11.2.